The molecule has 2 aliphatic rings. The van der Waals surface area contributed by atoms with Crippen LogP contribution in [-0.2, 0) is 0 Å². The summed E-state index contributed by atoms with van der Waals surface area (Å²) in [5, 5.41) is 6.41. The largest absolute Gasteiger partial charge is 0.496 e. The molecule has 0 saturated carbocycles. The van der Waals surface area contributed by atoms with Crippen LogP contribution in [0, 0.1) is 6.92 Å². The highest BCUT2D eigenvalue weighted by Crippen LogP contribution is 2.43. The number of methoxy groups -OCH3 is 1. The van der Waals surface area contributed by atoms with E-state index in [1.807, 2.05) is 13.0 Å². The van der Waals surface area contributed by atoms with Crippen LogP contribution in [0.25, 0.3) is 0 Å². The number of likely N-dealkylation sites (tertiary alicyclic amines) is 1. The molecule has 2 aliphatic heterocycles. The highest BCUT2D eigenvalue weighted by molar-refractivity contribution is 6.31. The Morgan fingerprint density at radius 3 is 2.74 bits per heavy atom. The van der Waals surface area contributed by atoms with Crippen LogP contribution in [0.4, 0.5) is 11.6 Å². The average Bonchev–Trinajstić information content (AvgIpc) is 3.06. The van der Waals surface area contributed by atoms with Gasteiger partial charge in [-0.2, -0.15) is 9.99 Å². The molecule has 0 bridgehead atoms. The molecule has 1 fully saturated rings. The Morgan fingerprint density at radius 2 is 2.10 bits per heavy atom. The van der Waals surface area contributed by atoms with Gasteiger partial charge >= 0.3 is 0 Å². The third kappa shape index (κ3) is 3.46. The molecular weight excluding hydrogens is 412 g/mol. The zero-order chi connectivity index (χ0) is 22.4. The Balaban J connectivity index is 1.74. The first-order valence-corrected chi connectivity index (χ1v) is 11.0. The second kappa shape index (κ2) is 8.13. The average molecular weight is 442 g/mol. The van der Waals surface area contributed by atoms with Gasteiger partial charge < -0.3 is 15.4 Å². The number of halogens is 1. The fourth-order valence-electron chi connectivity index (χ4n) is 4.64. The van der Waals surface area contributed by atoms with Crippen molar-refractivity contribution in [2.45, 2.75) is 46.1 Å². The summed E-state index contributed by atoms with van der Waals surface area (Å²) in [6, 6.07) is 1.94. The lowest BCUT2D eigenvalue weighted by atomic mass is 9.84. The topological polar surface area (TPSA) is 81.1 Å². The zero-order valence-electron chi connectivity index (χ0n) is 18.8. The maximum atomic E-state index is 6.73. The number of quaternary nitrogens is 1. The second-order valence-corrected chi connectivity index (χ2v) is 8.74. The smallest absolute Gasteiger partial charge is 0.267 e. The summed E-state index contributed by atoms with van der Waals surface area (Å²) in [6.07, 6.45) is 2.45. The van der Waals surface area contributed by atoms with Gasteiger partial charge in [-0.1, -0.05) is 30.2 Å². The van der Waals surface area contributed by atoms with Gasteiger partial charge in [-0.15, -0.1) is 0 Å². The molecule has 0 spiro atoms. The standard InChI is InChI=1S/C23H29ClN6O/c1-7-12(2)29-9-16(10-29)19-13(3)18(24)8-17(21(19)31-6)15(5)30-23-20(14(4)28-30)22(25)26-11-27-23/h8,11,15-16H,2,7,9-10H2,1,3-6H3,(H2,25,26,27)/p+1. The molecule has 3 heterocycles. The molecule has 31 heavy (non-hydrogen) atoms. The van der Waals surface area contributed by atoms with E-state index < -0.39 is 0 Å². The van der Waals surface area contributed by atoms with E-state index in [0.29, 0.717) is 11.7 Å². The summed E-state index contributed by atoms with van der Waals surface area (Å²) in [7, 11) is 1.73. The van der Waals surface area contributed by atoms with E-state index in [4.69, 9.17) is 27.2 Å². The van der Waals surface area contributed by atoms with Gasteiger partial charge in [0.1, 0.15) is 35.2 Å². The Kier molecular flexibility index (Phi) is 5.66. The molecule has 2 unspecified atom stereocenters. The molecule has 0 aliphatic carbocycles. The molecular formula is C23H30ClN6O+. The van der Waals surface area contributed by atoms with E-state index in [1.54, 1.807) is 7.11 Å². The van der Waals surface area contributed by atoms with Gasteiger partial charge in [0.05, 0.1) is 12.7 Å². The minimum absolute atomic E-state index is 0.0703. The fourth-order valence-corrected chi connectivity index (χ4v) is 4.86. The van der Waals surface area contributed by atoms with Gasteiger partial charge in [-0.05, 0) is 38.8 Å². The van der Waals surface area contributed by atoms with Crippen molar-refractivity contribution in [3.63, 3.8) is 0 Å². The molecule has 3 N–H and O–H groups in total. The first kappa shape index (κ1) is 21.6. The number of fused-ring (bicyclic) bond motifs is 1. The summed E-state index contributed by atoms with van der Waals surface area (Å²) in [5.41, 5.74) is 12.2. The Hall–Kier alpha value is -2.64. The number of ether oxygens (including phenoxy) is 1. The molecule has 0 radical (unpaired) electrons. The molecule has 164 valence electrons. The number of nitrogens with zero attached hydrogens (tertiary/aromatic N) is 4. The van der Waals surface area contributed by atoms with Crippen LogP contribution in [0.15, 0.2) is 29.8 Å². The van der Waals surface area contributed by atoms with Gasteiger partial charge in [0.15, 0.2) is 0 Å². The van der Waals surface area contributed by atoms with Gasteiger partial charge in [0, 0.05) is 35.3 Å². The number of rotatable bonds is 6. The maximum Gasteiger partial charge on any atom is 0.267 e. The fraction of sp³-hybridized carbons (Fsp3) is 0.435. The minimum Gasteiger partial charge on any atom is -0.496 e. The summed E-state index contributed by atoms with van der Waals surface area (Å²) in [6.45, 7) is 14.3. The summed E-state index contributed by atoms with van der Waals surface area (Å²) < 4.78 is 5.99. The third-order valence-corrected chi connectivity index (χ3v) is 6.94. The quantitative estimate of drug-likeness (QED) is 0.718. The SMILES string of the molecule is C=C(CC)N1CC(c2c(C)c(Cl)cc(C(C)[NH+]3N=C(C)c4c(N)ncnc43)c2OC)C1. The molecule has 0 amide bonds. The number of nitrogens with one attached hydrogen (secondary N) is 1. The van der Waals surface area contributed by atoms with Crippen molar-refractivity contribution in [1.82, 2.24) is 14.9 Å². The van der Waals surface area contributed by atoms with Crippen molar-refractivity contribution in [3.8, 4) is 5.75 Å². The van der Waals surface area contributed by atoms with Crippen molar-refractivity contribution in [1.29, 1.82) is 0 Å². The van der Waals surface area contributed by atoms with Crippen molar-refractivity contribution < 1.29 is 9.75 Å². The lowest BCUT2D eigenvalue weighted by Gasteiger charge is -2.43. The highest BCUT2D eigenvalue weighted by Gasteiger charge is 2.39. The number of hydrogen-bond acceptors (Lipinski definition) is 6. The number of anilines is 1. The van der Waals surface area contributed by atoms with Crippen molar-refractivity contribution in [2.75, 3.05) is 25.9 Å². The van der Waals surface area contributed by atoms with E-state index >= 15 is 0 Å². The number of benzene rings is 1. The van der Waals surface area contributed by atoms with Crippen molar-refractivity contribution in [2.24, 2.45) is 5.10 Å². The van der Waals surface area contributed by atoms with Crippen LogP contribution in [0.1, 0.15) is 61.4 Å². The number of nitrogens with two attached hydrogens (primary N) is 1. The Labute approximate surface area is 188 Å². The van der Waals surface area contributed by atoms with Crippen LogP contribution in [-0.4, -0.2) is 40.8 Å². The number of aromatic nitrogens is 2. The molecule has 1 aromatic carbocycles. The molecule has 2 aromatic rings. The zero-order valence-corrected chi connectivity index (χ0v) is 19.5. The van der Waals surface area contributed by atoms with Gasteiger partial charge in [-0.3, -0.25) is 0 Å². The molecule has 1 saturated heterocycles. The monoisotopic (exact) mass is 441 g/mol. The van der Waals surface area contributed by atoms with Crippen molar-refractivity contribution in [3.05, 3.63) is 51.9 Å². The van der Waals surface area contributed by atoms with Gasteiger partial charge in [0.25, 0.3) is 5.82 Å². The van der Waals surface area contributed by atoms with Crippen molar-refractivity contribution >= 4 is 28.9 Å². The first-order valence-electron chi connectivity index (χ1n) is 10.6. The predicted octanol–water partition coefficient (Wildman–Crippen LogP) is 3.37. The summed E-state index contributed by atoms with van der Waals surface area (Å²) in [4.78, 5) is 10.9. The Bertz CT molecular complexity index is 1080. The van der Waals surface area contributed by atoms with E-state index in [0.717, 1.165) is 63.5 Å². The minimum atomic E-state index is -0.0703. The van der Waals surface area contributed by atoms with E-state index in [2.05, 4.69) is 42.2 Å². The summed E-state index contributed by atoms with van der Waals surface area (Å²) >= 11 is 6.73. The number of allylic oxidation sites excluding steroid dienone is 1. The van der Waals surface area contributed by atoms with Crippen LogP contribution in [0.3, 0.4) is 0 Å². The van der Waals surface area contributed by atoms with E-state index in [1.165, 1.54) is 17.6 Å². The number of hydrogen-bond donors (Lipinski definition) is 2. The molecule has 8 heteroatoms. The van der Waals surface area contributed by atoms with Crippen LogP contribution >= 0.6 is 11.6 Å². The molecule has 4 rings (SSSR count). The predicted molar refractivity (Wildman–Crippen MR) is 124 cm³/mol. The highest BCUT2D eigenvalue weighted by atomic mass is 35.5. The van der Waals surface area contributed by atoms with E-state index in [-0.39, 0.29) is 6.04 Å². The normalized spacial score (nSPS) is 19.0. The van der Waals surface area contributed by atoms with Crippen LogP contribution < -0.4 is 15.5 Å². The maximum absolute atomic E-state index is 6.73. The van der Waals surface area contributed by atoms with E-state index in [9.17, 15) is 0 Å². The lowest BCUT2D eigenvalue weighted by Crippen LogP contribution is -3.02. The van der Waals surface area contributed by atoms with Crippen LogP contribution in [0.2, 0.25) is 5.02 Å². The lowest BCUT2D eigenvalue weighted by molar-refractivity contribution is -0.871. The third-order valence-electron chi connectivity index (χ3n) is 6.55. The Morgan fingerprint density at radius 1 is 1.39 bits per heavy atom. The molecule has 1 aromatic heterocycles. The first-order chi connectivity index (χ1) is 14.8. The van der Waals surface area contributed by atoms with Gasteiger partial charge in [0.2, 0.25) is 0 Å². The molecule has 7 nitrogen and oxygen atoms in total. The second-order valence-electron chi connectivity index (χ2n) is 8.33. The number of nitrogen functional groups attached to an aromatic ring is 1. The summed E-state index contributed by atoms with van der Waals surface area (Å²) in [5.74, 6) is 2.48. The van der Waals surface area contributed by atoms with Gasteiger partial charge in [-0.25, -0.2) is 4.98 Å². The molecule has 2 atom stereocenters. The van der Waals surface area contributed by atoms with Crippen LogP contribution in [0.5, 0.6) is 5.75 Å².